The third-order valence-corrected chi connectivity index (χ3v) is 6.03. The minimum atomic E-state index is 0.00700. The Morgan fingerprint density at radius 2 is 2.08 bits per heavy atom. The van der Waals surface area contributed by atoms with Crippen LogP contribution < -0.4 is 5.32 Å². The summed E-state index contributed by atoms with van der Waals surface area (Å²) in [5.74, 6) is 1.37. The van der Waals surface area contributed by atoms with Gasteiger partial charge in [0.15, 0.2) is 0 Å². The van der Waals surface area contributed by atoms with Crippen LogP contribution in [0, 0.1) is 13.8 Å². The lowest BCUT2D eigenvalue weighted by Crippen LogP contribution is -2.25. The second kappa shape index (κ2) is 5.54. The Bertz CT molecular complexity index is 1120. The Morgan fingerprint density at radius 3 is 2.85 bits per heavy atom. The van der Waals surface area contributed by atoms with Crippen molar-refractivity contribution in [1.82, 2.24) is 19.7 Å². The van der Waals surface area contributed by atoms with Gasteiger partial charge in [-0.25, -0.2) is 4.98 Å². The van der Waals surface area contributed by atoms with Crippen molar-refractivity contribution in [1.29, 1.82) is 0 Å². The summed E-state index contributed by atoms with van der Waals surface area (Å²) < 4.78 is 1.72. The minimum absolute atomic E-state index is 0.00700. The number of hydrogen-bond donors (Lipinski definition) is 2. The van der Waals surface area contributed by atoms with Gasteiger partial charge >= 0.3 is 0 Å². The number of fused-ring (bicyclic) bond motifs is 2. The minimum Gasteiger partial charge on any atom is -0.322 e. The smallest absolute Gasteiger partial charge is 0.231 e. The van der Waals surface area contributed by atoms with Gasteiger partial charge in [-0.15, -0.1) is 11.3 Å². The molecule has 3 aromatic heterocycles. The number of nitrogens with zero attached hydrogens (tertiary/aromatic N) is 3. The molecule has 1 amide bonds. The lowest BCUT2D eigenvalue weighted by Gasteiger charge is -2.23. The number of aromatic amines is 1. The molecule has 130 valence electrons. The molecule has 1 atom stereocenters. The quantitative estimate of drug-likeness (QED) is 0.567. The fraction of sp³-hybridized carbons (Fsp3) is 0.211. The van der Waals surface area contributed by atoms with Crippen molar-refractivity contribution in [2.45, 2.75) is 26.2 Å². The van der Waals surface area contributed by atoms with Crippen molar-refractivity contribution in [2.75, 3.05) is 5.32 Å². The van der Waals surface area contributed by atoms with Crippen LogP contribution in [0.1, 0.15) is 34.0 Å². The molecule has 4 heterocycles. The van der Waals surface area contributed by atoms with Crippen molar-refractivity contribution in [3.63, 3.8) is 0 Å². The highest BCUT2D eigenvalue weighted by Crippen LogP contribution is 2.42. The Morgan fingerprint density at radius 1 is 1.23 bits per heavy atom. The van der Waals surface area contributed by atoms with E-state index in [1.54, 1.807) is 16.0 Å². The van der Waals surface area contributed by atoms with E-state index < -0.39 is 0 Å². The maximum atomic E-state index is 12.4. The summed E-state index contributed by atoms with van der Waals surface area (Å²) in [6, 6.07) is 9.95. The molecule has 0 unspecified atom stereocenters. The SMILES string of the molecule is Cc1ccsc1[C@@H]1CC(=O)Nc2c1c(C)nn2-c1nc2ccccc2[nH]1. The number of anilines is 1. The molecule has 0 aliphatic carbocycles. The van der Waals surface area contributed by atoms with E-state index in [1.165, 1.54) is 10.4 Å². The molecule has 6 nitrogen and oxygen atoms in total. The fourth-order valence-electron chi connectivity index (χ4n) is 3.71. The fourth-order valence-corrected chi connectivity index (χ4v) is 4.74. The van der Waals surface area contributed by atoms with Crippen LogP contribution in [0.15, 0.2) is 35.7 Å². The van der Waals surface area contributed by atoms with Crippen LogP contribution in [-0.4, -0.2) is 25.7 Å². The molecule has 0 spiro atoms. The van der Waals surface area contributed by atoms with Gasteiger partial charge in [0.2, 0.25) is 11.9 Å². The zero-order valence-electron chi connectivity index (χ0n) is 14.4. The third kappa shape index (κ3) is 2.20. The number of benzene rings is 1. The molecule has 0 saturated heterocycles. The van der Waals surface area contributed by atoms with Crippen molar-refractivity contribution < 1.29 is 4.79 Å². The van der Waals surface area contributed by atoms with Crippen molar-refractivity contribution >= 4 is 34.1 Å². The first-order chi connectivity index (χ1) is 12.6. The summed E-state index contributed by atoms with van der Waals surface area (Å²) in [7, 11) is 0. The molecule has 7 heteroatoms. The summed E-state index contributed by atoms with van der Waals surface area (Å²) in [5, 5.41) is 9.78. The van der Waals surface area contributed by atoms with Gasteiger partial charge in [-0.3, -0.25) is 4.79 Å². The van der Waals surface area contributed by atoms with E-state index in [0.29, 0.717) is 12.4 Å². The number of amides is 1. The summed E-state index contributed by atoms with van der Waals surface area (Å²) in [4.78, 5) is 21.6. The third-order valence-electron chi connectivity index (χ3n) is 4.90. The number of para-hydroxylation sites is 2. The summed E-state index contributed by atoms with van der Waals surface area (Å²) in [6.45, 7) is 4.09. The maximum absolute atomic E-state index is 12.4. The Kier molecular flexibility index (Phi) is 3.27. The molecule has 2 N–H and O–H groups in total. The topological polar surface area (TPSA) is 75.6 Å². The largest absolute Gasteiger partial charge is 0.322 e. The van der Waals surface area contributed by atoms with E-state index in [4.69, 9.17) is 5.10 Å². The molecule has 1 aliphatic rings. The normalized spacial score (nSPS) is 16.7. The lowest BCUT2D eigenvalue weighted by molar-refractivity contribution is -0.116. The first-order valence-electron chi connectivity index (χ1n) is 8.50. The van der Waals surface area contributed by atoms with Crippen LogP contribution in [0.2, 0.25) is 0 Å². The number of rotatable bonds is 2. The Labute approximate surface area is 153 Å². The van der Waals surface area contributed by atoms with Gasteiger partial charge in [0, 0.05) is 22.8 Å². The molecule has 1 aromatic carbocycles. The highest BCUT2D eigenvalue weighted by Gasteiger charge is 2.34. The Hall–Kier alpha value is -2.93. The van der Waals surface area contributed by atoms with Crippen LogP contribution in [0.4, 0.5) is 5.82 Å². The standard InChI is InChI=1S/C19H17N5OS/c1-10-7-8-26-17(10)12-9-15(25)22-18-16(12)11(2)23-24(18)19-20-13-5-3-4-6-14(13)21-19/h3-8,12H,9H2,1-2H3,(H,20,21)(H,22,25)/t12-/m1/s1. The molecular weight excluding hydrogens is 346 g/mol. The van der Waals surface area contributed by atoms with Crippen LogP contribution in [0.25, 0.3) is 17.0 Å². The molecule has 5 rings (SSSR count). The van der Waals surface area contributed by atoms with E-state index in [2.05, 4.69) is 33.7 Å². The van der Waals surface area contributed by atoms with E-state index in [1.807, 2.05) is 31.2 Å². The predicted octanol–water partition coefficient (Wildman–Crippen LogP) is 3.90. The van der Waals surface area contributed by atoms with Gasteiger partial charge in [-0.1, -0.05) is 12.1 Å². The maximum Gasteiger partial charge on any atom is 0.231 e. The molecule has 26 heavy (non-hydrogen) atoms. The molecule has 0 radical (unpaired) electrons. The number of hydrogen-bond acceptors (Lipinski definition) is 4. The number of aromatic nitrogens is 4. The summed E-state index contributed by atoms with van der Waals surface area (Å²) >= 11 is 1.70. The molecule has 0 fully saturated rings. The van der Waals surface area contributed by atoms with E-state index in [-0.39, 0.29) is 11.8 Å². The number of imidazole rings is 1. The molecule has 4 aromatic rings. The van der Waals surface area contributed by atoms with Crippen molar-refractivity contribution in [2.24, 2.45) is 0 Å². The first kappa shape index (κ1) is 15.3. The van der Waals surface area contributed by atoms with E-state index in [0.717, 1.165) is 28.1 Å². The van der Waals surface area contributed by atoms with Crippen LogP contribution in [-0.2, 0) is 4.79 Å². The average Bonchev–Trinajstić information content (AvgIpc) is 3.31. The Balaban J connectivity index is 1.71. The molecule has 1 aliphatic heterocycles. The highest BCUT2D eigenvalue weighted by atomic mass is 32.1. The molecule has 0 bridgehead atoms. The average molecular weight is 363 g/mol. The van der Waals surface area contributed by atoms with Crippen LogP contribution >= 0.6 is 11.3 Å². The van der Waals surface area contributed by atoms with E-state index >= 15 is 0 Å². The molecule has 0 saturated carbocycles. The van der Waals surface area contributed by atoms with Crippen LogP contribution in [0.5, 0.6) is 0 Å². The monoisotopic (exact) mass is 363 g/mol. The first-order valence-corrected chi connectivity index (χ1v) is 9.38. The number of carbonyl (C=O) groups excluding carboxylic acids is 1. The number of aryl methyl sites for hydroxylation is 2. The summed E-state index contributed by atoms with van der Waals surface area (Å²) in [6.07, 6.45) is 0.445. The number of thiophene rings is 1. The van der Waals surface area contributed by atoms with E-state index in [9.17, 15) is 4.79 Å². The van der Waals surface area contributed by atoms with Gasteiger partial charge in [-0.2, -0.15) is 9.78 Å². The second-order valence-corrected chi connectivity index (χ2v) is 7.56. The van der Waals surface area contributed by atoms with Gasteiger partial charge < -0.3 is 10.3 Å². The molecular formula is C19H17N5OS. The zero-order chi connectivity index (χ0) is 17.8. The van der Waals surface area contributed by atoms with Crippen molar-refractivity contribution in [3.05, 3.63) is 57.4 Å². The number of carbonyl (C=O) groups is 1. The van der Waals surface area contributed by atoms with Gasteiger partial charge in [0.05, 0.1) is 16.7 Å². The van der Waals surface area contributed by atoms with Gasteiger partial charge in [0.1, 0.15) is 5.82 Å². The van der Waals surface area contributed by atoms with Gasteiger partial charge in [0.25, 0.3) is 0 Å². The summed E-state index contributed by atoms with van der Waals surface area (Å²) in [5.41, 5.74) is 5.03. The number of H-pyrrole nitrogens is 1. The van der Waals surface area contributed by atoms with Gasteiger partial charge in [-0.05, 0) is 43.0 Å². The lowest BCUT2D eigenvalue weighted by atomic mass is 9.89. The zero-order valence-corrected chi connectivity index (χ0v) is 15.2. The van der Waals surface area contributed by atoms with Crippen molar-refractivity contribution in [3.8, 4) is 5.95 Å². The predicted molar refractivity (Wildman–Crippen MR) is 102 cm³/mol. The number of nitrogens with one attached hydrogen (secondary N) is 2. The second-order valence-electron chi connectivity index (χ2n) is 6.61. The van der Waals surface area contributed by atoms with Crippen LogP contribution in [0.3, 0.4) is 0 Å². The highest BCUT2D eigenvalue weighted by molar-refractivity contribution is 7.10.